The lowest BCUT2D eigenvalue weighted by Gasteiger charge is -2.31. The van der Waals surface area contributed by atoms with Gasteiger partial charge in [0.25, 0.3) is 0 Å². The zero-order valence-electron chi connectivity index (χ0n) is 22.7. The summed E-state index contributed by atoms with van der Waals surface area (Å²) in [4.78, 5) is 42.2. The van der Waals surface area contributed by atoms with Gasteiger partial charge in [-0.25, -0.2) is 19.3 Å². The molecule has 2 amide bonds. The summed E-state index contributed by atoms with van der Waals surface area (Å²) in [6.45, 7) is 4.82. The number of halogens is 2. The first kappa shape index (κ1) is 27.6. The summed E-state index contributed by atoms with van der Waals surface area (Å²) < 4.78 is 21.4. The van der Waals surface area contributed by atoms with Crippen LogP contribution in [0.1, 0.15) is 43.6 Å². The van der Waals surface area contributed by atoms with Crippen molar-refractivity contribution in [2.45, 2.75) is 38.0 Å². The van der Waals surface area contributed by atoms with Gasteiger partial charge in [0.05, 0.1) is 11.1 Å². The molecular weight excluding hydrogens is 561 g/mol. The Morgan fingerprint density at radius 1 is 1.14 bits per heavy atom. The maximum absolute atomic E-state index is 15.5. The van der Waals surface area contributed by atoms with E-state index in [1.807, 2.05) is 6.20 Å². The summed E-state index contributed by atoms with van der Waals surface area (Å²) in [5.74, 6) is 0.594. The number of hydrogen-bond acceptors (Lipinski definition) is 7. The summed E-state index contributed by atoms with van der Waals surface area (Å²) in [7, 11) is 0. The molecular formula is C30H29ClFN7O3. The number of aromatic nitrogens is 4. The molecule has 1 saturated heterocycles. The van der Waals surface area contributed by atoms with Gasteiger partial charge in [0.1, 0.15) is 40.1 Å². The Hall–Kier alpha value is -4.51. The molecule has 1 aliphatic heterocycles. The predicted octanol–water partition coefficient (Wildman–Crippen LogP) is 6.31. The number of pyridine rings is 1. The van der Waals surface area contributed by atoms with E-state index >= 15 is 4.39 Å². The number of rotatable bonds is 8. The second kappa shape index (κ2) is 11.8. The summed E-state index contributed by atoms with van der Waals surface area (Å²) in [6, 6.07) is 6.25. The van der Waals surface area contributed by atoms with Crippen LogP contribution in [0.25, 0.3) is 11.0 Å². The van der Waals surface area contributed by atoms with Crippen molar-refractivity contribution in [1.82, 2.24) is 24.8 Å². The zero-order chi connectivity index (χ0) is 29.2. The molecule has 3 N–H and O–H groups in total. The van der Waals surface area contributed by atoms with Crippen molar-refractivity contribution < 1.29 is 18.7 Å². The Morgan fingerprint density at radius 2 is 1.95 bits per heavy atom. The van der Waals surface area contributed by atoms with Crippen LogP contribution in [0.15, 0.2) is 55.6 Å². The number of anilines is 3. The fraction of sp³-hybridized carbons (Fsp3) is 0.300. The molecule has 10 nitrogen and oxygen atoms in total. The van der Waals surface area contributed by atoms with E-state index in [2.05, 4.69) is 37.1 Å². The molecule has 2 fully saturated rings. The minimum Gasteiger partial charge on any atom is -0.455 e. The van der Waals surface area contributed by atoms with Crippen molar-refractivity contribution in [2.24, 2.45) is 5.92 Å². The first-order valence-corrected chi connectivity index (χ1v) is 14.2. The Labute approximate surface area is 246 Å². The first-order chi connectivity index (χ1) is 20.4. The van der Waals surface area contributed by atoms with Crippen LogP contribution in [-0.4, -0.2) is 49.7 Å². The molecule has 42 heavy (non-hydrogen) atoms. The van der Waals surface area contributed by atoms with Crippen LogP contribution in [0, 0.1) is 11.7 Å². The van der Waals surface area contributed by atoms with Crippen molar-refractivity contribution in [3.8, 4) is 11.5 Å². The summed E-state index contributed by atoms with van der Waals surface area (Å²) in [5, 5.41) is 6.43. The number of likely N-dealkylation sites (tertiary alicyclic amines) is 1. The minimum absolute atomic E-state index is 0.0134. The number of amides is 2. The summed E-state index contributed by atoms with van der Waals surface area (Å²) in [5.41, 5.74) is 1.74. The highest BCUT2D eigenvalue weighted by Crippen LogP contribution is 2.39. The van der Waals surface area contributed by atoms with Gasteiger partial charge in [0, 0.05) is 37.5 Å². The number of carbonyl (C=O) groups is 2. The Bertz CT molecular complexity index is 1660. The molecule has 1 aromatic carbocycles. The topological polar surface area (TPSA) is 125 Å². The molecule has 0 radical (unpaired) electrons. The quantitative estimate of drug-likeness (QED) is 0.206. The van der Waals surface area contributed by atoms with Crippen LogP contribution in [0.2, 0.25) is 5.02 Å². The molecule has 216 valence electrons. The van der Waals surface area contributed by atoms with Crippen molar-refractivity contribution in [3.05, 3.63) is 72.0 Å². The summed E-state index contributed by atoms with van der Waals surface area (Å²) in [6.07, 6.45) is 10.5. The van der Waals surface area contributed by atoms with Gasteiger partial charge in [-0.3, -0.25) is 9.59 Å². The van der Waals surface area contributed by atoms with E-state index < -0.39 is 5.82 Å². The molecule has 2 aliphatic rings. The monoisotopic (exact) mass is 589 g/mol. The Balaban J connectivity index is 1.20. The number of carbonyl (C=O) groups excluding carboxylic acids is 2. The third kappa shape index (κ3) is 5.52. The highest BCUT2D eigenvalue weighted by atomic mass is 35.5. The van der Waals surface area contributed by atoms with Crippen LogP contribution in [0.3, 0.4) is 0 Å². The van der Waals surface area contributed by atoms with Crippen molar-refractivity contribution >= 4 is 51.8 Å². The average Bonchev–Trinajstić information content (AvgIpc) is 3.41. The number of piperidine rings is 1. The van der Waals surface area contributed by atoms with Crippen LogP contribution in [0.4, 0.5) is 21.7 Å². The predicted molar refractivity (Wildman–Crippen MR) is 158 cm³/mol. The van der Waals surface area contributed by atoms with Gasteiger partial charge in [-0.2, -0.15) is 0 Å². The van der Waals surface area contributed by atoms with Gasteiger partial charge < -0.3 is 25.3 Å². The number of fused-ring (bicyclic) bond motifs is 1. The summed E-state index contributed by atoms with van der Waals surface area (Å²) >= 11 is 6.40. The lowest BCUT2D eigenvalue weighted by molar-refractivity contribution is -0.127. The molecule has 6 rings (SSSR count). The second-order valence-electron chi connectivity index (χ2n) is 10.5. The Morgan fingerprint density at radius 3 is 2.69 bits per heavy atom. The smallest absolute Gasteiger partial charge is 0.245 e. The molecule has 12 heteroatoms. The third-order valence-corrected chi connectivity index (χ3v) is 8.26. The van der Waals surface area contributed by atoms with Gasteiger partial charge in [-0.05, 0) is 61.4 Å². The molecule has 0 atom stereocenters. The maximum atomic E-state index is 15.5. The van der Waals surface area contributed by atoms with Gasteiger partial charge in [-0.15, -0.1) is 0 Å². The number of nitrogens with one attached hydrogen (secondary N) is 3. The first-order valence-electron chi connectivity index (χ1n) is 13.8. The van der Waals surface area contributed by atoms with Crippen LogP contribution >= 0.6 is 11.6 Å². The van der Waals surface area contributed by atoms with Crippen LogP contribution < -0.4 is 15.4 Å². The van der Waals surface area contributed by atoms with Crippen LogP contribution in [0.5, 0.6) is 11.5 Å². The number of nitrogens with zero attached hydrogens (tertiary/aromatic N) is 4. The number of aromatic amines is 1. The number of ether oxygens (including phenoxy) is 1. The molecule has 0 bridgehead atoms. The average molecular weight is 590 g/mol. The zero-order valence-corrected chi connectivity index (χ0v) is 23.5. The molecule has 3 aromatic heterocycles. The van der Waals surface area contributed by atoms with Crippen molar-refractivity contribution in [3.63, 3.8) is 0 Å². The molecule has 4 heterocycles. The minimum atomic E-state index is -0.707. The molecule has 4 aromatic rings. The molecule has 0 unspecified atom stereocenters. The van der Waals surface area contributed by atoms with E-state index in [-0.39, 0.29) is 40.1 Å². The van der Waals surface area contributed by atoms with E-state index in [0.717, 1.165) is 43.1 Å². The van der Waals surface area contributed by atoms with Crippen LogP contribution in [-0.2, 0) is 9.59 Å². The largest absolute Gasteiger partial charge is 0.455 e. The molecule has 1 saturated carbocycles. The Kier molecular flexibility index (Phi) is 7.75. The maximum Gasteiger partial charge on any atom is 0.245 e. The second-order valence-corrected chi connectivity index (χ2v) is 10.8. The number of benzene rings is 1. The lowest BCUT2D eigenvalue weighted by Crippen LogP contribution is -2.36. The molecule has 0 spiro atoms. The van der Waals surface area contributed by atoms with E-state index in [9.17, 15) is 9.59 Å². The number of H-pyrrole nitrogens is 1. The van der Waals surface area contributed by atoms with Gasteiger partial charge in [0.2, 0.25) is 11.8 Å². The third-order valence-electron chi connectivity index (χ3n) is 7.91. The highest BCUT2D eigenvalue weighted by molar-refractivity contribution is 6.32. The van der Waals surface area contributed by atoms with Gasteiger partial charge >= 0.3 is 0 Å². The number of hydrogen-bond donors (Lipinski definition) is 3. The standard InChI is InChI=1S/C30H29ClFN7O3/c1-2-24(40)39-12-9-17(10-13-39)20-15-34-28-25(20)29(36-16-35-28)37-21-6-7-22(26(31)27(21)32)42-19-8-11-33-23(14-19)38-30(41)18-4-3-5-18/h2,6-8,11,14-18H,1,3-5,9-10,12-13H2,(H,33,38,41)(H2,34,35,36,37). The van der Waals surface area contributed by atoms with Gasteiger partial charge in [0.15, 0.2) is 5.82 Å². The SMILES string of the molecule is C=CC(=O)N1CCC(c2c[nH]c3ncnc(Nc4ccc(Oc5ccnc(NC(=O)C6CCC6)c5)c(Cl)c4F)c23)CC1. The fourth-order valence-corrected chi connectivity index (χ4v) is 5.55. The van der Waals surface area contributed by atoms with Crippen molar-refractivity contribution in [1.29, 1.82) is 0 Å². The van der Waals surface area contributed by atoms with Crippen molar-refractivity contribution in [2.75, 3.05) is 23.7 Å². The molecule has 1 aliphatic carbocycles. The fourth-order valence-electron chi connectivity index (χ4n) is 5.35. The van der Waals surface area contributed by atoms with Gasteiger partial charge in [-0.1, -0.05) is 24.6 Å². The van der Waals surface area contributed by atoms with E-state index in [1.165, 1.54) is 24.7 Å². The van der Waals surface area contributed by atoms with E-state index in [1.54, 1.807) is 23.1 Å². The normalized spacial score (nSPS) is 15.7. The lowest BCUT2D eigenvalue weighted by atomic mass is 9.85. The highest BCUT2D eigenvalue weighted by Gasteiger charge is 2.27. The van der Waals surface area contributed by atoms with E-state index in [4.69, 9.17) is 16.3 Å². The van der Waals surface area contributed by atoms with E-state index in [0.29, 0.717) is 36.1 Å².